The van der Waals surface area contributed by atoms with Crippen molar-refractivity contribution >= 4 is 0 Å². The summed E-state index contributed by atoms with van der Waals surface area (Å²) < 4.78 is 13.4. The third-order valence-corrected chi connectivity index (χ3v) is 1.92. The zero-order valence-electron chi connectivity index (χ0n) is 9.21. The summed E-state index contributed by atoms with van der Waals surface area (Å²) in [6, 6.07) is 7.80. The first-order chi connectivity index (χ1) is 6.94. The van der Waals surface area contributed by atoms with Gasteiger partial charge in [-0.05, 0) is 26.8 Å². The molecule has 0 aliphatic rings. The van der Waals surface area contributed by atoms with E-state index in [9.17, 15) is 4.39 Å². The second kappa shape index (κ2) is 4.41. The Kier molecular flexibility index (Phi) is 3.43. The number of nitrogens with one attached hydrogen (secondary N) is 1. The van der Waals surface area contributed by atoms with Crippen LogP contribution in [-0.4, -0.2) is 5.54 Å². The molecule has 0 saturated carbocycles. The fourth-order valence-electron chi connectivity index (χ4n) is 1.32. The molecule has 1 aromatic rings. The molecule has 0 heterocycles. The zero-order chi connectivity index (χ0) is 11.5. The van der Waals surface area contributed by atoms with Crippen molar-refractivity contribution < 1.29 is 4.39 Å². The number of nitriles is 1. The molecule has 1 aromatic carbocycles. The van der Waals surface area contributed by atoms with Gasteiger partial charge in [0.2, 0.25) is 0 Å². The van der Waals surface area contributed by atoms with Gasteiger partial charge in [-0.2, -0.15) is 5.26 Å². The van der Waals surface area contributed by atoms with E-state index < -0.39 is 6.04 Å². The minimum atomic E-state index is -0.605. The zero-order valence-corrected chi connectivity index (χ0v) is 9.21. The van der Waals surface area contributed by atoms with Crippen molar-refractivity contribution in [3.8, 4) is 6.07 Å². The molecule has 15 heavy (non-hydrogen) atoms. The van der Waals surface area contributed by atoms with Crippen LogP contribution in [0.15, 0.2) is 24.3 Å². The van der Waals surface area contributed by atoms with Gasteiger partial charge in [0, 0.05) is 11.1 Å². The third-order valence-electron chi connectivity index (χ3n) is 1.92. The molecular weight excluding hydrogens is 191 g/mol. The van der Waals surface area contributed by atoms with Crippen molar-refractivity contribution in [1.82, 2.24) is 5.32 Å². The van der Waals surface area contributed by atoms with Crippen LogP contribution >= 0.6 is 0 Å². The maximum atomic E-state index is 13.4. The average Bonchev–Trinajstić information content (AvgIpc) is 2.14. The molecule has 1 N–H and O–H groups in total. The summed E-state index contributed by atoms with van der Waals surface area (Å²) in [5.74, 6) is -0.346. The predicted molar refractivity (Wildman–Crippen MR) is 57.6 cm³/mol. The Bertz CT molecular complexity index is 374. The molecule has 0 bridgehead atoms. The Hall–Kier alpha value is -1.40. The standard InChI is InChI=1S/C12H15FN2/c1-12(2,3)15-11(8-14)9-6-4-5-7-10(9)13/h4-7,11,15H,1-3H3. The highest BCUT2D eigenvalue weighted by atomic mass is 19.1. The topological polar surface area (TPSA) is 35.8 Å². The van der Waals surface area contributed by atoms with Crippen LogP contribution < -0.4 is 5.32 Å². The Morgan fingerprint density at radius 3 is 2.40 bits per heavy atom. The molecule has 1 unspecified atom stereocenters. The highest BCUT2D eigenvalue weighted by molar-refractivity contribution is 5.26. The van der Waals surface area contributed by atoms with E-state index in [0.717, 1.165) is 0 Å². The van der Waals surface area contributed by atoms with E-state index in [0.29, 0.717) is 5.56 Å². The summed E-state index contributed by atoms with van der Waals surface area (Å²) in [4.78, 5) is 0. The largest absolute Gasteiger partial charge is 0.293 e. The summed E-state index contributed by atoms with van der Waals surface area (Å²) >= 11 is 0. The van der Waals surface area contributed by atoms with Crippen molar-refractivity contribution in [2.75, 3.05) is 0 Å². The van der Waals surface area contributed by atoms with Crippen LogP contribution in [0.5, 0.6) is 0 Å². The Morgan fingerprint density at radius 2 is 1.93 bits per heavy atom. The van der Waals surface area contributed by atoms with E-state index in [1.54, 1.807) is 18.2 Å². The molecule has 1 rings (SSSR count). The smallest absolute Gasteiger partial charge is 0.129 e. The second-order valence-corrected chi connectivity index (χ2v) is 4.48. The van der Waals surface area contributed by atoms with Gasteiger partial charge < -0.3 is 0 Å². The number of benzene rings is 1. The van der Waals surface area contributed by atoms with Crippen molar-refractivity contribution in [1.29, 1.82) is 5.26 Å². The molecule has 0 saturated heterocycles. The van der Waals surface area contributed by atoms with Crippen LogP contribution in [-0.2, 0) is 0 Å². The fourth-order valence-corrected chi connectivity index (χ4v) is 1.32. The highest BCUT2D eigenvalue weighted by Gasteiger charge is 2.20. The van der Waals surface area contributed by atoms with Crippen molar-refractivity contribution in [2.24, 2.45) is 0 Å². The Morgan fingerprint density at radius 1 is 1.33 bits per heavy atom. The molecule has 0 aliphatic heterocycles. The molecule has 0 fully saturated rings. The predicted octanol–water partition coefficient (Wildman–Crippen LogP) is 2.78. The summed E-state index contributed by atoms with van der Waals surface area (Å²) in [6.07, 6.45) is 0. The monoisotopic (exact) mass is 206 g/mol. The van der Waals surface area contributed by atoms with Gasteiger partial charge in [0.15, 0.2) is 0 Å². The Labute approximate surface area is 89.7 Å². The van der Waals surface area contributed by atoms with Gasteiger partial charge in [-0.25, -0.2) is 4.39 Å². The van der Waals surface area contributed by atoms with Crippen molar-refractivity contribution in [2.45, 2.75) is 32.4 Å². The molecule has 0 amide bonds. The molecule has 80 valence electrons. The van der Waals surface area contributed by atoms with E-state index in [2.05, 4.69) is 11.4 Å². The van der Waals surface area contributed by atoms with Gasteiger partial charge in [-0.15, -0.1) is 0 Å². The minimum Gasteiger partial charge on any atom is -0.293 e. The van der Waals surface area contributed by atoms with Gasteiger partial charge in [0.25, 0.3) is 0 Å². The summed E-state index contributed by atoms with van der Waals surface area (Å²) in [7, 11) is 0. The van der Waals surface area contributed by atoms with Gasteiger partial charge >= 0.3 is 0 Å². The van der Waals surface area contributed by atoms with Crippen LogP contribution in [0.4, 0.5) is 4.39 Å². The van der Waals surface area contributed by atoms with Crippen LogP contribution in [0.1, 0.15) is 32.4 Å². The third kappa shape index (κ3) is 3.34. The SMILES string of the molecule is CC(C)(C)NC(C#N)c1ccccc1F. The van der Waals surface area contributed by atoms with Crippen LogP contribution in [0.2, 0.25) is 0 Å². The summed E-state index contributed by atoms with van der Waals surface area (Å²) in [6.45, 7) is 5.83. The average molecular weight is 206 g/mol. The highest BCUT2D eigenvalue weighted by Crippen LogP contribution is 2.18. The minimum absolute atomic E-state index is 0.220. The first-order valence-corrected chi connectivity index (χ1v) is 4.86. The van der Waals surface area contributed by atoms with E-state index in [4.69, 9.17) is 5.26 Å². The lowest BCUT2D eigenvalue weighted by molar-refractivity contribution is 0.394. The lowest BCUT2D eigenvalue weighted by Crippen LogP contribution is -2.38. The van der Waals surface area contributed by atoms with Gasteiger partial charge in [0.1, 0.15) is 11.9 Å². The second-order valence-electron chi connectivity index (χ2n) is 4.48. The van der Waals surface area contributed by atoms with Crippen molar-refractivity contribution in [3.63, 3.8) is 0 Å². The molecular formula is C12H15FN2. The van der Waals surface area contributed by atoms with E-state index in [1.165, 1.54) is 6.07 Å². The lowest BCUT2D eigenvalue weighted by Gasteiger charge is -2.24. The summed E-state index contributed by atoms with van der Waals surface area (Å²) in [5, 5.41) is 12.0. The molecule has 1 atom stereocenters. The number of hydrogen-bond acceptors (Lipinski definition) is 2. The van der Waals surface area contributed by atoms with Crippen LogP contribution in [0, 0.1) is 17.1 Å². The normalized spacial score (nSPS) is 13.3. The maximum Gasteiger partial charge on any atom is 0.129 e. The first kappa shape index (κ1) is 11.7. The van der Waals surface area contributed by atoms with Gasteiger partial charge in [0.05, 0.1) is 6.07 Å². The summed E-state index contributed by atoms with van der Waals surface area (Å²) in [5.41, 5.74) is 0.179. The fraction of sp³-hybridized carbons (Fsp3) is 0.417. The number of hydrogen-bond donors (Lipinski definition) is 1. The number of halogens is 1. The van der Waals surface area contributed by atoms with E-state index >= 15 is 0 Å². The Balaban J connectivity index is 2.95. The molecule has 2 nitrogen and oxygen atoms in total. The number of rotatable bonds is 2. The van der Waals surface area contributed by atoms with Crippen LogP contribution in [0.3, 0.4) is 0 Å². The van der Waals surface area contributed by atoms with E-state index in [1.807, 2.05) is 20.8 Å². The number of nitrogens with zero attached hydrogens (tertiary/aromatic N) is 1. The quantitative estimate of drug-likeness (QED) is 0.807. The molecule has 0 spiro atoms. The van der Waals surface area contributed by atoms with Gasteiger partial charge in [-0.1, -0.05) is 18.2 Å². The first-order valence-electron chi connectivity index (χ1n) is 4.86. The lowest BCUT2D eigenvalue weighted by atomic mass is 10.0. The van der Waals surface area contributed by atoms with Crippen molar-refractivity contribution in [3.05, 3.63) is 35.6 Å². The molecule has 0 aliphatic carbocycles. The van der Waals surface area contributed by atoms with Gasteiger partial charge in [-0.3, -0.25) is 5.32 Å². The van der Waals surface area contributed by atoms with E-state index in [-0.39, 0.29) is 11.4 Å². The molecule has 3 heteroatoms. The molecule has 0 radical (unpaired) electrons. The molecule has 0 aromatic heterocycles. The van der Waals surface area contributed by atoms with Crippen LogP contribution in [0.25, 0.3) is 0 Å². The maximum absolute atomic E-state index is 13.4.